The van der Waals surface area contributed by atoms with Gasteiger partial charge in [-0.05, 0) is 30.3 Å². The minimum Gasteiger partial charge on any atom is -0.496 e. The van der Waals surface area contributed by atoms with E-state index in [2.05, 4.69) is 0 Å². The Balaban J connectivity index is 2.32. The molecule has 6 heteroatoms. The molecule has 0 saturated heterocycles. The number of hydrogen-bond acceptors (Lipinski definition) is 4. The van der Waals surface area contributed by atoms with Crippen LogP contribution in [0, 0.1) is 0 Å². The molecule has 0 fully saturated rings. The Morgan fingerprint density at radius 2 is 1.81 bits per heavy atom. The summed E-state index contributed by atoms with van der Waals surface area (Å²) in [4.78, 5) is 0.591. The molecular weight excluding hydrogens is 310 g/mol. The standard InChI is InChI=1S/C15H16ClNO3S/c1-19-13-5-3-11(16)7-10(13)9-21(18)15-6-4-12(17)8-14(15)20-2/h3-8H,9,17H2,1-2H3. The topological polar surface area (TPSA) is 61.5 Å². The lowest BCUT2D eigenvalue weighted by Crippen LogP contribution is -2.02. The Morgan fingerprint density at radius 3 is 2.48 bits per heavy atom. The summed E-state index contributed by atoms with van der Waals surface area (Å²) in [5, 5.41) is 0.576. The molecular formula is C15H16ClNO3S. The van der Waals surface area contributed by atoms with Crippen LogP contribution in [0.2, 0.25) is 5.02 Å². The number of rotatable bonds is 5. The van der Waals surface area contributed by atoms with Crippen molar-refractivity contribution in [3.05, 3.63) is 47.0 Å². The van der Waals surface area contributed by atoms with E-state index in [4.69, 9.17) is 26.8 Å². The van der Waals surface area contributed by atoms with Crippen molar-refractivity contribution in [3.63, 3.8) is 0 Å². The van der Waals surface area contributed by atoms with Gasteiger partial charge in [0.1, 0.15) is 11.5 Å². The monoisotopic (exact) mass is 325 g/mol. The van der Waals surface area contributed by atoms with Crippen LogP contribution in [0.1, 0.15) is 5.56 Å². The van der Waals surface area contributed by atoms with Gasteiger partial charge in [-0.3, -0.25) is 4.21 Å². The van der Waals surface area contributed by atoms with Gasteiger partial charge < -0.3 is 15.2 Å². The molecule has 0 aliphatic heterocycles. The fourth-order valence-corrected chi connectivity index (χ4v) is 3.40. The van der Waals surface area contributed by atoms with Crippen LogP contribution in [0.5, 0.6) is 11.5 Å². The molecule has 0 amide bonds. The third-order valence-corrected chi connectivity index (χ3v) is 4.60. The van der Waals surface area contributed by atoms with Crippen LogP contribution in [0.4, 0.5) is 5.69 Å². The van der Waals surface area contributed by atoms with Crippen molar-refractivity contribution in [1.29, 1.82) is 0 Å². The second-order valence-corrected chi connectivity index (χ2v) is 6.21. The summed E-state index contributed by atoms with van der Waals surface area (Å²) in [7, 11) is 1.80. The highest BCUT2D eigenvalue weighted by Gasteiger charge is 2.14. The first-order valence-corrected chi connectivity index (χ1v) is 7.89. The molecule has 2 aromatic rings. The molecule has 0 aliphatic rings. The average molecular weight is 326 g/mol. The lowest BCUT2D eigenvalue weighted by atomic mass is 10.2. The molecule has 0 aromatic heterocycles. The maximum atomic E-state index is 12.6. The van der Waals surface area contributed by atoms with Gasteiger partial charge in [-0.25, -0.2) is 0 Å². The smallest absolute Gasteiger partial charge is 0.137 e. The number of nitrogen functional groups attached to an aromatic ring is 1. The van der Waals surface area contributed by atoms with Gasteiger partial charge in [-0.15, -0.1) is 0 Å². The average Bonchev–Trinajstić information content (AvgIpc) is 2.47. The number of nitrogens with two attached hydrogens (primary N) is 1. The molecule has 1 unspecified atom stereocenters. The van der Waals surface area contributed by atoms with Crippen molar-refractivity contribution in [2.24, 2.45) is 0 Å². The van der Waals surface area contributed by atoms with Gasteiger partial charge in [0.15, 0.2) is 0 Å². The van der Waals surface area contributed by atoms with Crippen molar-refractivity contribution in [3.8, 4) is 11.5 Å². The molecule has 2 N–H and O–H groups in total. The molecule has 0 spiro atoms. The van der Waals surface area contributed by atoms with E-state index in [0.717, 1.165) is 5.56 Å². The SMILES string of the molecule is COc1ccc(Cl)cc1CS(=O)c1ccc(N)cc1OC. The Kier molecular flexibility index (Phi) is 5.09. The maximum Gasteiger partial charge on any atom is 0.137 e. The third-order valence-electron chi connectivity index (χ3n) is 2.96. The lowest BCUT2D eigenvalue weighted by Gasteiger charge is -2.11. The minimum absolute atomic E-state index is 0.282. The molecule has 21 heavy (non-hydrogen) atoms. The summed E-state index contributed by atoms with van der Waals surface area (Å²) >= 11 is 5.99. The number of benzene rings is 2. The van der Waals surface area contributed by atoms with Gasteiger partial charge in [0, 0.05) is 22.3 Å². The predicted molar refractivity (Wildman–Crippen MR) is 85.5 cm³/mol. The van der Waals surface area contributed by atoms with Gasteiger partial charge >= 0.3 is 0 Å². The Morgan fingerprint density at radius 1 is 1.10 bits per heavy atom. The van der Waals surface area contributed by atoms with E-state index < -0.39 is 10.8 Å². The van der Waals surface area contributed by atoms with Crippen molar-refractivity contribution in [2.75, 3.05) is 20.0 Å². The van der Waals surface area contributed by atoms with Crippen LogP contribution in [-0.4, -0.2) is 18.4 Å². The second kappa shape index (κ2) is 6.83. The lowest BCUT2D eigenvalue weighted by molar-refractivity contribution is 0.404. The van der Waals surface area contributed by atoms with Gasteiger partial charge in [-0.1, -0.05) is 11.6 Å². The number of ether oxygens (including phenoxy) is 2. The van der Waals surface area contributed by atoms with Crippen LogP contribution in [0.3, 0.4) is 0 Å². The first kappa shape index (κ1) is 15.7. The van der Waals surface area contributed by atoms with Crippen molar-refractivity contribution in [2.45, 2.75) is 10.6 Å². The van der Waals surface area contributed by atoms with Crippen LogP contribution in [0.25, 0.3) is 0 Å². The Hall–Kier alpha value is -1.72. The minimum atomic E-state index is -1.29. The summed E-state index contributed by atoms with van der Waals surface area (Å²) in [5.41, 5.74) is 7.05. The Bertz CT molecular complexity index is 676. The molecule has 0 heterocycles. The summed E-state index contributed by atoms with van der Waals surface area (Å²) in [6, 6.07) is 10.3. The van der Waals surface area contributed by atoms with Gasteiger partial charge in [0.25, 0.3) is 0 Å². The van der Waals surface area contributed by atoms with E-state index in [1.54, 1.807) is 43.5 Å². The summed E-state index contributed by atoms with van der Waals surface area (Å²) in [6.45, 7) is 0. The molecule has 112 valence electrons. The van der Waals surface area contributed by atoms with E-state index in [0.29, 0.717) is 27.1 Å². The van der Waals surface area contributed by atoms with Gasteiger partial charge in [0.05, 0.1) is 35.7 Å². The largest absolute Gasteiger partial charge is 0.496 e. The van der Waals surface area contributed by atoms with Gasteiger partial charge in [0.2, 0.25) is 0 Å². The molecule has 1 atom stereocenters. The molecule has 0 saturated carbocycles. The highest BCUT2D eigenvalue weighted by molar-refractivity contribution is 7.84. The predicted octanol–water partition coefficient (Wildman–Crippen LogP) is 3.25. The number of anilines is 1. The highest BCUT2D eigenvalue weighted by atomic mass is 35.5. The van der Waals surface area contributed by atoms with E-state index in [9.17, 15) is 4.21 Å². The Labute approximate surface area is 131 Å². The van der Waals surface area contributed by atoms with Crippen LogP contribution >= 0.6 is 11.6 Å². The summed E-state index contributed by atoms with van der Waals surface area (Å²) in [5.74, 6) is 1.45. The maximum absolute atomic E-state index is 12.6. The molecule has 2 rings (SSSR count). The van der Waals surface area contributed by atoms with Crippen LogP contribution < -0.4 is 15.2 Å². The van der Waals surface area contributed by atoms with Crippen LogP contribution in [0.15, 0.2) is 41.3 Å². The second-order valence-electron chi connectivity index (χ2n) is 4.36. The van der Waals surface area contributed by atoms with E-state index in [-0.39, 0.29) is 5.75 Å². The molecule has 4 nitrogen and oxygen atoms in total. The van der Waals surface area contributed by atoms with Crippen LogP contribution in [-0.2, 0) is 16.6 Å². The number of hydrogen-bond donors (Lipinski definition) is 1. The molecule has 2 aromatic carbocycles. The summed E-state index contributed by atoms with van der Waals surface area (Å²) in [6.07, 6.45) is 0. The molecule has 0 bridgehead atoms. The first-order valence-electron chi connectivity index (χ1n) is 6.19. The third kappa shape index (κ3) is 3.68. The fourth-order valence-electron chi connectivity index (χ4n) is 1.95. The van der Waals surface area contributed by atoms with E-state index in [1.807, 2.05) is 0 Å². The molecule has 0 radical (unpaired) electrons. The van der Waals surface area contributed by atoms with Crippen molar-refractivity contribution in [1.82, 2.24) is 0 Å². The normalized spacial score (nSPS) is 12.0. The van der Waals surface area contributed by atoms with Crippen molar-refractivity contribution >= 4 is 28.1 Å². The molecule has 0 aliphatic carbocycles. The van der Waals surface area contributed by atoms with E-state index >= 15 is 0 Å². The fraction of sp³-hybridized carbons (Fsp3) is 0.200. The van der Waals surface area contributed by atoms with E-state index in [1.165, 1.54) is 7.11 Å². The zero-order valence-electron chi connectivity index (χ0n) is 11.8. The zero-order valence-corrected chi connectivity index (χ0v) is 13.3. The first-order chi connectivity index (χ1) is 10.0. The quantitative estimate of drug-likeness (QED) is 0.857. The summed E-state index contributed by atoms with van der Waals surface area (Å²) < 4.78 is 23.1. The zero-order chi connectivity index (χ0) is 15.4. The highest BCUT2D eigenvalue weighted by Crippen LogP contribution is 2.29. The van der Waals surface area contributed by atoms with Crippen molar-refractivity contribution < 1.29 is 13.7 Å². The van der Waals surface area contributed by atoms with Gasteiger partial charge in [-0.2, -0.15) is 0 Å². The number of halogens is 1. The number of methoxy groups -OCH3 is 2.